The lowest BCUT2D eigenvalue weighted by Gasteiger charge is -2.32. The molecule has 1 N–H and O–H groups in total. The number of carbonyl (C=O) groups is 1. The van der Waals surface area contributed by atoms with E-state index < -0.39 is 10.0 Å². The van der Waals surface area contributed by atoms with Gasteiger partial charge < -0.3 is 15.1 Å². The third-order valence-corrected chi connectivity index (χ3v) is 8.33. The molecule has 0 saturated carbocycles. The molecule has 2 aliphatic heterocycles. The largest absolute Gasteiger partial charge is 0.356 e. The molecular weight excluding hydrogens is 412 g/mol. The lowest BCUT2D eigenvalue weighted by molar-refractivity contribution is -0.126. The van der Waals surface area contributed by atoms with Gasteiger partial charge in [0.25, 0.3) is 0 Å². The number of hydrogen-bond acceptors (Lipinski definition) is 5. The number of aryl methyl sites for hydroxylation is 1. The van der Waals surface area contributed by atoms with Gasteiger partial charge in [-0.15, -0.1) is 0 Å². The molecule has 0 aliphatic carbocycles. The van der Waals surface area contributed by atoms with Crippen LogP contribution in [-0.4, -0.2) is 93.6 Å². The van der Waals surface area contributed by atoms with Gasteiger partial charge in [-0.2, -0.15) is 0 Å². The van der Waals surface area contributed by atoms with Crippen LogP contribution in [0.15, 0.2) is 30.3 Å². The number of piperidine rings is 1. The maximum Gasteiger partial charge on any atom is 0.224 e. The maximum absolute atomic E-state index is 12.8. The Hall–Kier alpha value is -1.48. The van der Waals surface area contributed by atoms with Crippen molar-refractivity contribution >= 4 is 15.9 Å². The molecule has 1 atom stereocenters. The SMILES string of the molecule is CN1CCN(CCCNC(=O)[C@@H]2CCCN(S(=O)(=O)CCCc3ccccc3)C2)CC1. The number of nitrogens with one attached hydrogen (secondary N) is 1. The third kappa shape index (κ3) is 7.86. The Morgan fingerprint density at radius 1 is 1.06 bits per heavy atom. The van der Waals surface area contributed by atoms with Crippen LogP contribution in [0, 0.1) is 5.92 Å². The summed E-state index contributed by atoms with van der Waals surface area (Å²) in [6, 6.07) is 9.96. The van der Waals surface area contributed by atoms with Crippen molar-refractivity contribution in [2.45, 2.75) is 32.1 Å². The fraction of sp³-hybridized carbons (Fsp3) is 0.696. The molecule has 2 heterocycles. The van der Waals surface area contributed by atoms with Gasteiger partial charge in [-0.05, 0) is 51.3 Å². The molecule has 2 fully saturated rings. The van der Waals surface area contributed by atoms with Gasteiger partial charge in [0.2, 0.25) is 15.9 Å². The standard InChI is InChI=1S/C23H38N4O3S/c1-25-15-17-26(18-16-25)13-7-12-24-23(28)22-11-5-14-27(20-22)31(29,30)19-6-10-21-8-3-2-4-9-21/h2-4,8-9,22H,5-7,10-20H2,1H3,(H,24,28)/t22-/m1/s1. The summed E-state index contributed by atoms with van der Waals surface area (Å²) in [4.78, 5) is 17.4. The highest BCUT2D eigenvalue weighted by molar-refractivity contribution is 7.89. The van der Waals surface area contributed by atoms with Crippen molar-refractivity contribution < 1.29 is 13.2 Å². The van der Waals surface area contributed by atoms with Crippen molar-refractivity contribution in [2.75, 3.05) is 65.2 Å². The molecule has 0 aromatic heterocycles. The van der Waals surface area contributed by atoms with Gasteiger partial charge in [-0.3, -0.25) is 4.79 Å². The molecule has 174 valence electrons. The van der Waals surface area contributed by atoms with Gasteiger partial charge in [0, 0.05) is 45.8 Å². The summed E-state index contributed by atoms with van der Waals surface area (Å²) < 4.78 is 27.1. The van der Waals surface area contributed by atoms with Gasteiger partial charge in [0.1, 0.15) is 0 Å². The minimum atomic E-state index is -3.32. The molecule has 1 aromatic rings. The minimum absolute atomic E-state index is 0.00237. The molecule has 2 saturated heterocycles. The maximum atomic E-state index is 12.8. The van der Waals surface area contributed by atoms with Crippen molar-refractivity contribution in [1.82, 2.24) is 19.4 Å². The molecule has 2 aliphatic rings. The fourth-order valence-corrected chi connectivity index (χ4v) is 5.95. The second kappa shape index (κ2) is 11.9. The normalized spacial score (nSPS) is 21.8. The number of benzene rings is 1. The van der Waals surface area contributed by atoms with Gasteiger partial charge in [0.15, 0.2) is 0 Å². The first-order valence-corrected chi connectivity index (χ1v) is 13.3. The molecule has 8 heteroatoms. The zero-order valence-corrected chi connectivity index (χ0v) is 19.7. The first-order chi connectivity index (χ1) is 14.9. The van der Waals surface area contributed by atoms with Crippen LogP contribution in [-0.2, 0) is 21.2 Å². The van der Waals surface area contributed by atoms with Crippen LogP contribution in [0.25, 0.3) is 0 Å². The third-order valence-electron chi connectivity index (χ3n) is 6.41. The molecule has 0 spiro atoms. The van der Waals surface area contributed by atoms with Gasteiger partial charge in [-0.1, -0.05) is 30.3 Å². The number of rotatable bonds is 10. The zero-order chi connectivity index (χ0) is 22.1. The number of hydrogen-bond donors (Lipinski definition) is 1. The monoisotopic (exact) mass is 450 g/mol. The van der Waals surface area contributed by atoms with Crippen molar-refractivity contribution in [2.24, 2.45) is 5.92 Å². The topological polar surface area (TPSA) is 73.0 Å². The van der Waals surface area contributed by atoms with E-state index in [2.05, 4.69) is 22.2 Å². The predicted octanol–water partition coefficient (Wildman–Crippen LogP) is 1.41. The average molecular weight is 451 g/mol. The number of carbonyl (C=O) groups excluding carboxylic acids is 1. The summed E-state index contributed by atoms with van der Waals surface area (Å²) >= 11 is 0. The molecule has 1 aromatic carbocycles. The fourth-order valence-electron chi connectivity index (χ4n) is 4.37. The first kappa shape index (κ1) is 24.2. The minimum Gasteiger partial charge on any atom is -0.356 e. The van der Waals surface area contributed by atoms with E-state index in [0.717, 1.165) is 64.0 Å². The summed E-state index contributed by atoms with van der Waals surface area (Å²) in [5, 5.41) is 3.04. The van der Waals surface area contributed by atoms with Gasteiger partial charge >= 0.3 is 0 Å². The quantitative estimate of drug-likeness (QED) is 0.546. The Balaban J connectivity index is 1.36. The Kier molecular flexibility index (Phi) is 9.31. The summed E-state index contributed by atoms with van der Waals surface area (Å²) in [5.41, 5.74) is 1.16. The van der Waals surface area contributed by atoms with E-state index in [-0.39, 0.29) is 17.6 Å². The van der Waals surface area contributed by atoms with E-state index in [1.54, 1.807) is 0 Å². The second-order valence-corrected chi connectivity index (χ2v) is 11.0. The van der Waals surface area contributed by atoms with Crippen LogP contribution in [0.3, 0.4) is 0 Å². The Morgan fingerprint density at radius 3 is 2.55 bits per heavy atom. The lowest BCUT2D eigenvalue weighted by atomic mass is 9.99. The van der Waals surface area contributed by atoms with Crippen LogP contribution < -0.4 is 5.32 Å². The number of amides is 1. The smallest absolute Gasteiger partial charge is 0.224 e. The van der Waals surface area contributed by atoms with E-state index in [0.29, 0.717) is 26.1 Å². The van der Waals surface area contributed by atoms with E-state index in [1.807, 2.05) is 30.3 Å². The number of likely N-dealkylation sites (N-methyl/N-ethyl adjacent to an activating group) is 1. The first-order valence-electron chi connectivity index (χ1n) is 11.6. The number of nitrogens with zero attached hydrogens (tertiary/aromatic N) is 3. The van der Waals surface area contributed by atoms with Crippen LogP contribution in [0.4, 0.5) is 0 Å². The van der Waals surface area contributed by atoms with Crippen molar-refractivity contribution in [1.29, 1.82) is 0 Å². The van der Waals surface area contributed by atoms with E-state index in [9.17, 15) is 13.2 Å². The average Bonchev–Trinajstić information content (AvgIpc) is 2.78. The van der Waals surface area contributed by atoms with Crippen molar-refractivity contribution in [3.63, 3.8) is 0 Å². The Labute approximate surface area is 187 Å². The van der Waals surface area contributed by atoms with Gasteiger partial charge in [0.05, 0.1) is 11.7 Å². The van der Waals surface area contributed by atoms with E-state index >= 15 is 0 Å². The molecule has 0 radical (unpaired) electrons. The van der Waals surface area contributed by atoms with Crippen LogP contribution in [0.2, 0.25) is 0 Å². The molecular formula is C23H38N4O3S. The highest BCUT2D eigenvalue weighted by Crippen LogP contribution is 2.20. The van der Waals surface area contributed by atoms with Crippen LogP contribution in [0.5, 0.6) is 0 Å². The van der Waals surface area contributed by atoms with Crippen LogP contribution >= 0.6 is 0 Å². The number of sulfonamides is 1. The lowest BCUT2D eigenvalue weighted by Crippen LogP contribution is -2.47. The molecule has 3 rings (SSSR count). The van der Waals surface area contributed by atoms with Crippen molar-refractivity contribution in [3.05, 3.63) is 35.9 Å². The molecule has 7 nitrogen and oxygen atoms in total. The molecule has 0 unspecified atom stereocenters. The summed E-state index contributed by atoms with van der Waals surface area (Å²) in [6.07, 6.45) is 3.80. The van der Waals surface area contributed by atoms with E-state index in [1.165, 1.54) is 4.31 Å². The predicted molar refractivity (Wildman–Crippen MR) is 124 cm³/mol. The molecule has 1 amide bonds. The van der Waals surface area contributed by atoms with Crippen molar-refractivity contribution in [3.8, 4) is 0 Å². The van der Waals surface area contributed by atoms with Crippen LogP contribution in [0.1, 0.15) is 31.2 Å². The summed E-state index contributed by atoms with van der Waals surface area (Å²) in [5.74, 6) is -0.0924. The van der Waals surface area contributed by atoms with E-state index in [4.69, 9.17) is 0 Å². The summed E-state index contributed by atoms with van der Waals surface area (Å²) in [7, 11) is -1.17. The summed E-state index contributed by atoms with van der Waals surface area (Å²) in [6.45, 7) is 6.88. The second-order valence-electron chi connectivity index (χ2n) is 8.89. The number of piperazine rings is 1. The zero-order valence-electron chi connectivity index (χ0n) is 18.8. The molecule has 31 heavy (non-hydrogen) atoms. The van der Waals surface area contributed by atoms with Gasteiger partial charge in [-0.25, -0.2) is 12.7 Å². The molecule has 0 bridgehead atoms. The Morgan fingerprint density at radius 2 is 1.81 bits per heavy atom. The highest BCUT2D eigenvalue weighted by atomic mass is 32.2. The Bertz CT molecular complexity index is 779. The highest BCUT2D eigenvalue weighted by Gasteiger charge is 2.31.